The Labute approximate surface area is 116 Å². The number of aromatic nitrogens is 1. The van der Waals surface area contributed by atoms with Crippen molar-refractivity contribution in [3.05, 3.63) is 10.9 Å². The number of nitrogens with zero attached hydrogens (tertiary/aromatic N) is 1. The van der Waals surface area contributed by atoms with Crippen LogP contribution in [0.25, 0.3) is 9.53 Å². The third-order valence-corrected chi connectivity index (χ3v) is 6.46. The molecule has 1 saturated carbocycles. The molecule has 3 rings (SSSR count). The number of rotatable bonds is 3. The molecule has 7 heteroatoms. The van der Waals surface area contributed by atoms with Crippen LogP contribution in [0.5, 0.6) is 0 Å². The highest BCUT2D eigenvalue weighted by atomic mass is 32.2. The van der Waals surface area contributed by atoms with Crippen molar-refractivity contribution >= 4 is 49.3 Å². The summed E-state index contributed by atoms with van der Waals surface area (Å²) in [5.74, 6) is 0.584. The largest absolute Gasteiger partial charge is 0.610 e. The fourth-order valence-electron chi connectivity index (χ4n) is 1.71. The SMILES string of the molecule is C[C@H]1C[C@@H]1NC(=O)c1cc2sc([S+](C)[O-])nc2s1. The number of hydrogen-bond donors (Lipinski definition) is 1. The topological polar surface area (TPSA) is 65.0 Å². The first-order valence-corrected chi connectivity index (χ1v) is 8.78. The van der Waals surface area contributed by atoms with Crippen LogP contribution in [-0.4, -0.2) is 27.7 Å². The van der Waals surface area contributed by atoms with Gasteiger partial charge in [-0.15, -0.1) is 11.3 Å². The molecule has 2 heterocycles. The van der Waals surface area contributed by atoms with Gasteiger partial charge in [0.1, 0.15) is 11.1 Å². The molecule has 1 fully saturated rings. The zero-order valence-electron chi connectivity index (χ0n) is 9.93. The standard InChI is InChI=1S/C11H12N2O2S3/c1-5-3-6(5)12-9(14)7-4-8-10(16-7)13-11(17-8)18(2)15/h4-6H,3H2,1-2H3,(H,12,14)/t5-,6-,18?/m0/s1. The first-order valence-electron chi connectivity index (χ1n) is 5.59. The Morgan fingerprint density at radius 3 is 2.89 bits per heavy atom. The van der Waals surface area contributed by atoms with Crippen molar-refractivity contribution in [2.75, 3.05) is 6.26 Å². The lowest BCUT2D eigenvalue weighted by molar-refractivity contribution is 0.0953. The molecule has 1 aliphatic carbocycles. The summed E-state index contributed by atoms with van der Waals surface area (Å²) in [5, 5.41) is 3.00. The number of thiophene rings is 1. The zero-order chi connectivity index (χ0) is 12.9. The number of hydrogen-bond acceptors (Lipinski definition) is 5. The minimum Gasteiger partial charge on any atom is -0.610 e. The number of carbonyl (C=O) groups excluding carboxylic acids is 1. The van der Waals surface area contributed by atoms with Crippen LogP contribution in [0.2, 0.25) is 0 Å². The van der Waals surface area contributed by atoms with E-state index in [-0.39, 0.29) is 5.91 Å². The molecule has 2 aromatic rings. The molecular formula is C11H12N2O2S3. The monoisotopic (exact) mass is 300 g/mol. The number of nitrogens with one attached hydrogen (secondary N) is 1. The van der Waals surface area contributed by atoms with Crippen molar-refractivity contribution in [1.82, 2.24) is 10.3 Å². The van der Waals surface area contributed by atoms with E-state index >= 15 is 0 Å². The lowest BCUT2D eigenvalue weighted by Crippen LogP contribution is -2.25. The van der Waals surface area contributed by atoms with Gasteiger partial charge in [0.05, 0.1) is 9.58 Å². The summed E-state index contributed by atoms with van der Waals surface area (Å²) >= 11 is 1.72. The van der Waals surface area contributed by atoms with Crippen LogP contribution in [0.4, 0.5) is 0 Å². The van der Waals surface area contributed by atoms with E-state index in [9.17, 15) is 9.35 Å². The first kappa shape index (κ1) is 12.4. The quantitative estimate of drug-likeness (QED) is 0.884. The van der Waals surface area contributed by atoms with Gasteiger partial charge in [-0.05, 0) is 18.4 Å². The molecule has 0 aromatic carbocycles. The fourth-order valence-corrected chi connectivity index (χ4v) is 4.58. The summed E-state index contributed by atoms with van der Waals surface area (Å²) in [6.07, 6.45) is 2.69. The molecule has 96 valence electrons. The van der Waals surface area contributed by atoms with E-state index in [1.807, 2.05) is 6.07 Å². The maximum atomic E-state index is 11.9. The summed E-state index contributed by atoms with van der Waals surface area (Å²) < 4.78 is 12.9. The molecule has 18 heavy (non-hydrogen) atoms. The van der Waals surface area contributed by atoms with Gasteiger partial charge in [0, 0.05) is 17.2 Å². The lowest BCUT2D eigenvalue weighted by atomic mass is 10.4. The number of carbonyl (C=O) groups is 1. The second-order valence-electron chi connectivity index (χ2n) is 4.51. The number of thiazole rings is 1. The number of amides is 1. The van der Waals surface area contributed by atoms with E-state index in [0.717, 1.165) is 16.0 Å². The fraction of sp³-hybridized carbons (Fsp3) is 0.455. The maximum Gasteiger partial charge on any atom is 0.303 e. The molecular weight excluding hydrogens is 288 g/mol. The molecule has 1 amide bonds. The first-order chi connectivity index (χ1) is 8.54. The molecule has 0 radical (unpaired) electrons. The van der Waals surface area contributed by atoms with Crippen LogP contribution < -0.4 is 5.32 Å². The zero-order valence-corrected chi connectivity index (χ0v) is 12.4. The molecule has 1 unspecified atom stereocenters. The molecule has 0 spiro atoms. The third-order valence-electron chi connectivity index (χ3n) is 2.97. The molecule has 4 nitrogen and oxygen atoms in total. The summed E-state index contributed by atoms with van der Waals surface area (Å²) in [7, 11) is 0. The van der Waals surface area contributed by atoms with Crippen molar-refractivity contribution in [2.45, 2.75) is 23.7 Å². The number of fused-ring (bicyclic) bond motifs is 1. The molecule has 1 N–H and O–H groups in total. The van der Waals surface area contributed by atoms with E-state index in [1.54, 1.807) is 6.26 Å². The molecule has 2 aromatic heterocycles. The summed E-state index contributed by atoms with van der Waals surface area (Å²) in [6, 6.07) is 2.18. The van der Waals surface area contributed by atoms with Crippen molar-refractivity contribution in [1.29, 1.82) is 0 Å². The van der Waals surface area contributed by atoms with Crippen LogP contribution in [0.15, 0.2) is 10.4 Å². The van der Waals surface area contributed by atoms with E-state index in [2.05, 4.69) is 17.2 Å². The van der Waals surface area contributed by atoms with Gasteiger partial charge in [-0.2, -0.15) is 4.98 Å². The third kappa shape index (κ3) is 2.27. The smallest absolute Gasteiger partial charge is 0.303 e. The molecule has 0 bridgehead atoms. The Hall–Kier alpha value is -0.630. The maximum absolute atomic E-state index is 11.9. The Morgan fingerprint density at radius 1 is 1.61 bits per heavy atom. The summed E-state index contributed by atoms with van der Waals surface area (Å²) in [4.78, 5) is 17.7. The van der Waals surface area contributed by atoms with Gasteiger partial charge in [-0.25, -0.2) is 0 Å². The van der Waals surface area contributed by atoms with Crippen LogP contribution in [0.1, 0.15) is 23.0 Å². The van der Waals surface area contributed by atoms with Gasteiger partial charge in [0.15, 0.2) is 0 Å². The van der Waals surface area contributed by atoms with Crippen LogP contribution in [0.3, 0.4) is 0 Å². The predicted octanol–water partition coefficient (Wildman–Crippen LogP) is 2.23. The van der Waals surface area contributed by atoms with Gasteiger partial charge in [0.2, 0.25) is 0 Å². The minimum atomic E-state index is -1.05. The molecule has 1 aliphatic rings. The Morgan fingerprint density at radius 2 is 2.33 bits per heavy atom. The average Bonchev–Trinajstić information content (AvgIpc) is 2.75. The van der Waals surface area contributed by atoms with Crippen molar-refractivity contribution in [3.8, 4) is 0 Å². The van der Waals surface area contributed by atoms with Gasteiger partial charge in [-0.3, -0.25) is 4.79 Å². The van der Waals surface area contributed by atoms with Gasteiger partial charge in [-0.1, -0.05) is 18.3 Å². The van der Waals surface area contributed by atoms with Crippen molar-refractivity contribution < 1.29 is 9.35 Å². The lowest BCUT2D eigenvalue weighted by Gasteiger charge is -2.00. The Bertz CT molecular complexity index is 573. The molecule has 0 aliphatic heterocycles. The molecule has 0 saturated heterocycles. The van der Waals surface area contributed by atoms with Crippen molar-refractivity contribution in [3.63, 3.8) is 0 Å². The average molecular weight is 300 g/mol. The minimum absolute atomic E-state index is 0.0151. The van der Waals surface area contributed by atoms with E-state index in [4.69, 9.17) is 0 Å². The molecule has 3 atom stereocenters. The Kier molecular flexibility index (Phi) is 3.09. The highest BCUT2D eigenvalue weighted by Gasteiger charge is 2.34. The summed E-state index contributed by atoms with van der Waals surface area (Å²) in [6.45, 7) is 2.13. The van der Waals surface area contributed by atoms with Gasteiger partial charge >= 0.3 is 4.34 Å². The highest BCUT2D eigenvalue weighted by Crippen LogP contribution is 2.33. The normalized spacial score (nSPS) is 24.2. The van der Waals surface area contributed by atoms with E-state index in [0.29, 0.717) is 21.2 Å². The van der Waals surface area contributed by atoms with Crippen LogP contribution in [-0.2, 0) is 11.2 Å². The van der Waals surface area contributed by atoms with E-state index in [1.165, 1.54) is 22.7 Å². The van der Waals surface area contributed by atoms with Crippen molar-refractivity contribution in [2.24, 2.45) is 5.92 Å². The van der Waals surface area contributed by atoms with E-state index < -0.39 is 11.2 Å². The highest BCUT2D eigenvalue weighted by molar-refractivity contribution is 7.92. The van der Waals surface area contributed by atoms with Crippen LogP contribution in [0, 0.1) is 5.92 Å². The van der Waals surface area contributed by atoms with Gasteiger partial charge < -0.3 is 9.87 Å². The second-order valence-corrected chi connectivity index (χ2v) is 8.12. The Balaban J connectivity index is 1.80. The second kappa shape index (κ2) is 4.48. The van der Waals surface area contributed by atoms with Crippen LogP contribution >= 0.6 is 22.7 Å². The summed E-state index contributed by atoms with van der Waals surface area (Å²) in [5.41, 5.74) is 0. The van der Waals surface area contributed by atoms with Gasteiger partial charge in [0.25, 0.3) is 5.91 Å². The predicted molar refractivity (Wildman–Crippen MR) is 74.9 cm³/mol.